The van der Waals surface area contributed by atoms with E-state index in [9.17, 15) is 0 Å². The number of rotatable bonds is 2. The smallest absolute Gasteiger partial charge is 0.144 e. The lowest BCUT2D eigenvalue weighted by Crippen LogP contribution is -2.58. The topological polar surface area (TPSA) is 114 Å². The van der Waals surface area contributed by atoms with Gasteiger partial charge >= 0.3 is 0 Å². The van der Waals surface area contributed by atoms with Crippen LogP contribution in [0.15, 0.2) is 40.9 Å². The van der Waals surface area contributed by atoms with Gasteiger partial charge in [0.25, 0.3) is 0 Å². The van der Waals surface area contributed by atoms with Crippen LogP contribution >= 0.6 is 23.2 Å². The molecule has 0 aromatic heterocycles. The summed E-state index contributed by atoms with van der Waals surface area (Å²) in [6, 6.07) is 7.36. The Bertz CT molecular complexity index is 531. The van der Waals surface area contributed by atoms with Crippen molar-refractivity contribution in [3.63, 3.8) is 0 Å². The van der Waals surface area contributed by atoms with Crippen molar-refractivity contribution in [3.8, 4) is 0 Å². The molecule has 1 rings (SSSR count). The summed E-state index contributed by atoms with van der Waals surface area (Å²) in [7, 11) is -4.69. The Balaban J connectivity index is 0.000000763. The van der Waals surface area contributed by atoms with E-state index in [0.717, 1.165) is 5.69 Å². The lowest BCUT2D eigenvalue weighted by molar-refractivity contribution is -1.92. The Morgan fingerprint density at radius 2 is 1.82 bits per heavy atom. The molecule has 6 nitrogen and oxygen atoms in total. The Labute approximate surface area is 141 Å². The first-order valence-electron chi connectivity index (χ1n) is 5.88. The van der Waals surface area contributed by atoms with Crippen LogP contribution in [0.2, 0.25) is 5.02 Å². The van der Waals surface area contributed by atoms with Crippen LogP contribution in [0, 0.1) is 10.2 Å². The normalized spacial score (nSPS) is 12.3. The first kappa shape index (κ1) is 21.1. The Morgan fingerprint density at radius 3 is 2.18 bits per heavy atom. The number of hydrogen-bond donors (Lipinski definition) is 2. The van der Waals surface area contributed by atoms with Crippen molar-refractivity contribution in [1.29, 1.82) is 0 Å². The third-order valence-corrected chi connectivity index (χ3v) is 2.21. The molecule has 0 aliphatic rings. The van der Waals surface area contributed by atoms with E-state index in [1.54, 1.807) is 6.07 Å². The molecule has 0 saturated heterocycles. The molecule has 124 valence electrons. The van der Waals surface area contributed by atoms with Crippen LogP contribution in [0.3, 0.4) is 0 Å². The van der Waals surface area contributed by atoms with Gasteiger partial charge in [-0.25, -0.2) is 0 Å². The van der Waals surface area contributed by atoms with Gasteiger partial charge in [-0.15, -0.1) is 0 Å². The maximum atomic E-state index is 8.60. The highest BCUT2D eigenvalue weighted by atomic mass is 35.7. The van der Waals surface area contributed by atoms with Gasteiger partial charge < -0.3 is 5.32 Å². The summed E-state index contributed by atoms with van der Waals surface area (Å²) in [5.74, 6) is 0.557. The van der Waals surface area contributed by atoms with E-state index in [4.69, 9.17) is 41.8 Å². The predicted molar refractivity (Wildman–Crippen MR) is 79.5 cm³/mol. The molecule has 0 saturated carbocycles. The van der Waals surface area contributed by atoms with E-state index in [0.29, 0.717) is 15.9 Å². The largest absolute Gasteiger partial charge is 0.339 e. The molecule has 22 heavy (non-hydrogen) atoms. The fraction of sp³-hybridized carbons (Fsp3) is 0.308. The van der Waals surface area contributed by atoms with Crippen molar-refractivity contribution in [2.24, 2.45) is 4.99 Å². The van der Waals surface area contributed by atoms with Crippen molar-refractivity contribution in [1.82, 2.24) is 0 Å². The molecule has 0 radical (unpaired) electrons. The summed E-state index contributed by atoms with van der Waals surface area (Å²) < 4.78 is 32.7. The molecule has 1 aromatic rings. The SMILES string of the molecule is C=C(Cl)C(=NC(C)(C)C)Nc1cccc(Cl)c1.[O-][Cl+3]([O-])([O-])O. The van der Waals surface area contributed by atoms with Crippen molar-refractivity contribution in [2.45, 2.75) is 26.3 Å². The van der Waals surface area contributed by atoms with E-state index in [-0.39, 0.29) is 5.54 Å². The Morgan fingerprint density at radius 1 is 1.32 bits per heavy atom. The highest BCUT2D eigenvalue weighted by Gasteiger charge is 2.11. The monoisotopic (exact) mass is 370 g/mol. The Hall–Kier alpha value is -0.860. The number of nitrogens with zero attached hydrogens (tertiary/aromatic N) is 1. The first-order valence-corrected chi connectivity index (χ1v) is 7.90. The second-order valence-corrected chi connectivity index (χ2v) is 6.75. The first-order chi connectivity index (χ1) is 9.78. The maximum Gasteiger partial charge on any atom is 0.144 e. The van der Waals surface area contributed by atoms with Crippen LogP contribution in [0.25, 0.3) is 0 Å². The molecular weight excluding hydrogens is 355 g/mol. The van der Waals surface area contributed by atoms with E-state index in [2.05, 4.69) is 16.9 Å². The van der Waals surface area contributed by atoms with Gasteiger partial charge in [-0.3, -0.25) is 4.99 Å². The Kier molecular flexibility index (Phi) is 8.35. The lowest BCUT2D eigenvalue weighted by atomic mass is 10.1. The van der Waals surface area contributed by atoms with Gasteiger partial charge in [0.15, 0.2) is 0 Å². The fourth-order valence-corrected chi connectivity index (χ4v) is 1.47. The zero-order valence-corrected chi connectivity index (χ0v) is 14.5. The number of hydrogen-bond acceptors (Lipinski definition) is 5. The lowest BCUT2D eigenvalue weighted by Gasteiger charge is -2.16. The summed E-state index contributed by atoms with van der Waals surface area (Å²) in [5, 5.41) is 4.14. The molecule has 0 amide bonds. The zero-order valence-electron chi connectivity index (χ0n) is 12.3. The number of benzene rings is 1. The summed E-state index contributed by atoms with van der Waals surface area (Å²) in [4.78, 5) is 4.46. The zero-order chi connectivity index (χ0) is 17.6. The molecule has 0 bridgehead atoms. The van der Waals surface area contributed by atoms with Gasteiger partial charge in [0.1, 0.15) is 5.84 Å². The summed E-state index contributed by atoms with van der Waals surface area (Å²) in [6.45, 7) is 9.68. The quantitative estimate of drug-likeness (QED) is 0.583. The van der Waals surface area contributed by atoms with Gasteiger partial charge in [0.05, 0.1) is 25.5 Å². The summed E-state index contributed by atoms with van der Waals surface area (Å²) in [5.41, 5.74) is 0.612. The standard InChI is InChI=1S/C13H16Cl2N2.ClHO4/c1-9(14)12(17-13(2,3)4)16-11-7-5-6-10(15)8-11;2-1(3,4)5/h5-8H,1H2,2-4H3,(H,16,17);(H,2,3,4,5). The van der Waals surface area contributed by atoms with Gasteiger partial charge in [-0.1, -0.05) is 35.8 Å². The van der Waals surface area contributed by atoms with Crippen molar-refractivity contribution >= 4 is 34.7 Å². The van der Waals surface area contributed by atoms with Gasteiger partial charge in [-0.05, 0) is 39.0 Å². The van der Waals surface area contributed by atoms with Gasteiger partial charge in [0.2, 0.25) is 0 Å². The third-order valence-electron chi connectivity index (χ3n) is 1.79. The van der Waals surface area contributed by atoms with Crippen LogP contribution in [-0.4, -0.2) is 16.0 Å². The van der Waals surface area contributed by atoms with Gasteiger partial charge in [-0.2, -0.15) is 14.0 Å². The van der Waals surface area contributed by atoms with Crippen LogP contribution in [0.4, 0.5) is 5.69 Å². The molecule has 0 heterocycles. The number of amidine groups is 1. The van der Waals surface area contributed by atoms with Crippen molar-refractivity contribution in [2.75, 3.05) is 5.32 Å². The minimum Gasteiger partial charge on any atom is -0.339 e. The van der Waals surface area contributed by atoms with E-state index >= 15 is 0 Å². The van der Waals surface area contributed by atoms with E-state index in [1.807, 2.05) is 39.0 Å². The number of halogens is 3. The number of aliphatic imine (C=N–C) groups is 1. The van der Waals surface area contributed by atoms with Crippen molar-refractivity contribution in [3.05, 3.63) is 40.9 Å². The third kappa shape index (κ3) is 12.8. The molecule has 0 fully saturated rings. The van der Waals surface area contributed by atoms with Crippen LogP contribution in [-0.2, 0) is 0 Å². The molecule has 1 aromatic carbocycles. The molecule has 9 heteroatoms. The minimum atomic E-state index is -4.69. The average molecular weight is 372 g/mol. The van der Waals surface area contributed by atoms with Crippen molar-refractivity contribution < 1.29 is 28.9 Å². The van der Waals surface area contributed by atoms with E-state index < -0.39 is 10.2 Å². The molecule has 0 unspecified atom stereocenters. The highest BCUT2D eigenvalue weighted by molar-refractivity contribution is 6.44. The van der Waals surface area contributed by atoms with Crippen LogP contribution in [0.5, 0.6) is 0 Å². The number of anilines is 1. The second kappa shape index (κ2) is 8.69. The molecular formula is C13H17Cl3N2O4. The molecule has 0 spiro atoms. The molecule has 0 atom stereocenters. The molecule has 0 aliphatic carbocycles. The van der Waals surface area contributed by atoms with Crippen LogP contribution < -0.4 is 19.3 Å². The van der Waals surface area contributed by atoms with E-state index in [1.165, 1.54) is 0 Å². The number of nitrogens with one attached hydrogen (secondary N) is 1. The summed E-state index contributed by atoms with van der Waals surface area (Å²) in [6.07, 6.45) is 0. The molecule has 0 aliphatic heterocycles. The summed E-state index contributed by atoms with van der Waals surface area (Å²) >= 11 is 11.8. The predicted octanol–water partition coefficient (Wildman–Crippen LogP) is 0.577. The maximum absolute atomic E-state index is 8.60. The second-order valence-electron chi connectivity index (χ2n) is 5.07. The van der Waals surface area contributed by atoms with Crippen LogP contribution in [0.1, 0.15) is 20.8 Å². The fourth-order valence-electron chi connectivity index (χ4n) is 1.19. The van der Waals surface area contributed by atoms with Gasteiger partial charge in [0, 0.05) is 10.7 Å². The highest BCUT2D eigenvalue weighted by Crippen LogP contribution is 2.18. The average Bonchev–Trinajstić information content (AvgIpc) is 2.23. The minimum absolute atomic E-state index is 0.223. The molecule has 2 N–H and O–H groups in total.